The lowest BCUT2D eigenvalue weighted by Crippen LogP contribution is -2.44. The van der Waals surface area contributed by atoms with Crippen LogP contribution in [0.25, 0.3) is 0 Å². The number of aromatic nitrogens is 2. The topological polar surface area (TPSA) is 163 Å². The Bertz CT molecular complexity index is 714. The molecule has 0 aliphatic heterocycles. The lowest BCUT2D eigenvalue weighted by molar-refractivity contribution is -0.151. The minimum Gasteiger partial charge on any atom is -0.462 e. The molecule has 148 valence electrons. The van der Waals surface area contributed by atoms with Crippen LogP contribution in [0.15, 0.2) is 11.4 Å². The first-order valence-corrected chi connectivity index (χ1v) is 8.97. The van der Waals surface area contributed by atoms with Crippen LogP contribution in [0.4, 0.5) is 10.6 Å². The van der Waals surface area contributed by atoms with Gasteiger partial charge in [-0.05, 0) is 20.8 Å². The van der Waals surface area contributed by atoms with Gasteiger partial charge >= 0.3 is 18.0 Å². The Morgan fingerprint density at radius 1 is 1.30 bits per heavy atom. The molecule has 0 fully saturated rings. The van der Waals surface area contributed by atoms with Gasteiger partial charge in [0, 0.05) is 12.7 Å². The van der Waals surface area contributed by atoms with Crippen molar-refractivity contribution in [2.24, 2.45) is 0 Å². The maximum absolute atomic E-state index is 11.8. The van der Waals surface area contributed by atoms with E-state index >= 15 is 0 Å². The first-order chi connectivity index (χ1) is 12.8. The highest BCUT2D eigenvalue weighted by Crippen LogP contribution is 2.17. The summed E-state index contributed by atoms with van der Waals surface area (Å²) in [5, 5.41) is 4.57. The average molecular weight is 399 g/mol. The summed E-state index contributed by atoms with van der Waals surface area (Å²) in [7, 11) is 0. The van der Waals surface area contributed by atoms with Gasteiger partial charge in [0.15, 0.2) is 11.3 Å². The molecule has 1 heterocycles. The third-order valence-electron chi connectivity index (χ3n) is 2.86. The summed E-state index contributed by atoms with van der Waals surface area (Å²) >= 11 is 0.912. The Balaban J connectivity index is 2.52. The minimum atomic E-state index is -1.15. The molecule has 0 saturated heterocycles. The van der Waals surface area contributed by atoms with Gasteiger partial charge in [0.25, 0.3) is 5.91 Å². The number of imide groups is 1. The molecule has 0 unspecified atom stereocenters. The number of nitrogens with zero attached hydrogens (tertiary/aromatic N) is 2. The number of hydrogen-bond donors (Lipinski definition) is 3. The molecule has 0 radical (unpaired) electrons. The second-order valence-electron chi connectivity index (χ2n) is 4.94. The number of urea groups is 1. The number of anilines is 1. The van der Waals surface area contributed by atoms with Gasteiger partial charge in [0.1, 0.15) is 11.4 Å². The quantitative estimate of drug-likeness (QED) is 0.310. The van der Waals surface area contributed by atoms with Crippen LogP contribution in [0.2, 0.25) is 0 Å². The fourth-order valence-corrected chi connectivity index (χ4v) is 2.25. The highest BCUT2D eigenvalue weighted by atomic mass is 32.2. The van der Waals surface area contributed by atoms with Gasteiger partial charge in [-0.2, -0.15) is 0 Å². The van der Waals surface area contributed by atoms with Crippen molar-refractivity contribution in [3.8, 4) is 0 Å². The predicted octanol–water partition coefficient (Wildman–Crippen LogP) is 0.105. The Morgan fingerprint density at radius 3 is 2.59 bits per heavy atom. The van der Waals surface area contributed by atoms with Crippen LogP contribution >= 0.6 is 11.8 Å². The molecule has 1 atom stereocenters. The van der Waals surface area contributed by atoms with E-state index in [4.69, 9.17) is 15.2 Å². The Kier molecular flexibility index (Phi) is 8.99. The normalized spacial score (nSPS) is 11.2. The number of nitrogens with two attached hydrogens (primary N) is 1. The first-order valence-electron chi connectivity index (χ1n) is 7.99. The molecule has 3 amide bonds. The number of amides is 3. The molecule has 0 aliphatic carbocycles. The zero-order valence-corrected chi connectivity index (χ0v) is 15.9. The average Bonchev–Trinajstić information content (AvgIpc) is 2.60. The predicted molar refractivity (Wildman–Crippen MR) is 95.9 cm³/mol. The number of nitrogens with one attached hydrogen (secondary N) is 2. The summed E-state index contributed by atoms with van der Waals surface area (Å²) < 4.78 is 9.73. The van der Waals surface area contributed by atoms with Crippen LogP contribution in [-0.4, -0.2) is 58.9 Å². The van der Waals surface area contributed by atoms with Crippen molar-refractivity contribution in [3.05, 3.63) is 11.8 Å². The van der Waals surface area contributed by atoms with E-state index in [9.17, 15) is 19.2 Å². The van der Waals surface area contributed by atoms with Crippen LogP contribution in [-0.2, 0) is 19.1 Å². The van der Waals surface area contributed by atoms with Gasteiger partial charge < -0.3 is 20.5 Å². The third-order valence-corrected chi connectivity index (χ3v) is 3.70. The van der Waals surface area contributed by atoms with Gasteiger partial charge in [-0.25, -0.2) is 19.6 Å². The van der Waals surface area contributed by atoms with E-state index in [-0.39, 0.29) is 28.9 Å². The summed E-state index contributed by atoms with van der Waals surface area (Å²) in [6.07, 6.45) is 0.0500. The summed E-state index contributed by atoms with van der Waals surface area (Å²) in [6.45, 7) is 5.22. The van der Waals surface area contributed by atoms with Crippen molar-refractivity contribution in [3.63, 3.8) is 0 Å². The molecule has 1 rings (SSSR count). The summed E-state index contributed by atoms with van der Waals surface area (Å²) in [5.41, 5.74) is 5.71. The molecular weight excluding hydrogens is 378 g/mol. The number of rotatable bonds is 8. The number of hydrogen-bond acceptors (Lipinski definition) is 10. The van der Waals surface area contributed by atoms with Gasteiger partial charge in [-0.1, -0.05) is 11.8 Å². The van der Waals surface area contributed by atoms with E-state index in [0.717, 1.165) is 11.8 Å². The monoisotopic (exact) mass is 399 g/mol. The van der Waals surface area contributed by atoms with Crippen molar-refractivity contribution < 1.29 is 28.7 Å². The Labute approximate surface area is 159 Å². The molecule has 0 bridgehead atoms. The third kappa shape index (κ3) is 7.48. The first kappa shape index (κ1) is 22.2. The highest BCUT2D eigenvalue weighted by Gasteiger charge is 2.20. The fraction of sp³-hybridized carbons (Fsp3) is 0.467. The number of nitrogen functional groups attached to an aromatic ring is 1. The SMILES string of the molecule is CCNC(=O)NC(=O)[C@H](C)OC(=O)CSc1ncc(C(=O)OCC)c(N)n1. The molecule has 12 heteroatoms. The van der Waals surface area contributed by atoms with Crippen LogP contribution in [0.1, 0.15) is 31.1 Å². The van der Waals surface area contributed by atoms with Gasteiger partial charge in [-0.15, -0.1) is 0 Å². The lowest BCUT2D eigenvalue weighted by atomic mass is 10.3. The lowest BCUT2D eigenvalue weighted by Gasteiger charge is -2.12. The number of ether oxygens (including phenoxy) is 2. The van der Waals surface area contributed by atoms with Gasteiger partial charge in [0.05, 0.1) is 12.4 Å². The highest BCUT2D eigenvalue weighted by molar-refractivity contribution is 7.99. The van der Waals surface area contributed by atoms with E-state index in [2.05, 4.69) is 15.3 Å². The molecule has 27 heavy (non-hydrogen) atoms. The molecule has 0 aromatic carbocycles. The van der Waals surface area contributed by atoms with Crippen LogP contribution in [0.5, 0.6) is 0 Å². The van der Waals surface area contributed by atoms with E-state index in [1.165, 1.54) is 13.1 Å². The standard InChI is InChI=1S/C15H21N5O6S/c1-4-17-14(24)20-12(22)8(3)26-10(21)7-27-15-18-6-9(11(16)19-15)13(23)25-5-2/h6,8H,4-5,7H2,1-3H3,(H2,16,18,19)(H2,17,20,22,24)/t8-/m0/s1. The maximum atomic E-state index is 11.8. The summed E-state index contributed by atoms with van der Waals surface area (Å²) in [5.74, 6) is -2.38. The van der Waals surface area contributed by atoms with E-state index in [1.54, 1.807) is 13.8 Å². The molecule has 1 aromatic heterocycles. The second-order valence-corrected chi connectivity index (χ2v) is 5.88. The molecule has 0 spiro atoms. The second kappa shape index (κ2) is 11.0. The van der Waals surface area contributed by atoms with Crippen LogP contribution in [0.3, 0.4) is 0 Å². The van der Waals surface area contributed by atoms with Crippen LogP contribution < -0.4 is 16.4 Å². The van der Waals surface area contributed by atoms with E-state index < -0.39 is 30.0 Å². The van der Waals surface area contributed by atoms with Crippen molar-refractivity contribution in [2.45, 2.75) is 32.0 Å². The molecule has 1 aromatic rings. The van der Waals surface area contributed by atoms with Crippen molar-refractivity contribution in [2.75, 3.05) is 24.6 Å². The number of carbonyl (C=O) groups is 4. The molecule has 4 N–H and O–H groups in total. The number of esters is 2. The Morgan fingerprint density at radius 2 is 2.00 bits per heavy atom. The minimum absolute atomic E-state index is 0.0272. The molecule has 0 saturated carbocycles. The van der Waals surface area contributed by atoms with E-state index in [0.29, 0.717) is 6.54 Å². The Hall–Kier alpha value is -2.89. The van der Waals surface area contributed by atoms with Crippen LogP contribution in [0, 0.1) is 0 Å². The van der Waals surface area contributed by atoms with Crippen molar-refractivity contribution >= 4 is 41.5 Å². The number of carbonyl (C=O) groups excluding carboxylic acids is 4. The summed E-state index contributed by atoms with van der Waals surface area (Å²) in [4.78, 5) is 54.2. The molecule has 11 nitrogen and oxygen atoms in total. The van der Waals surface area contributed by atoms with Gasteiger partial charge in [-0.3, -0.25) is 14.9 Å². The molecule has 0 aliphatic rings. The zero-order chi connectivity index (χ0) is 20.4. The summed E-state index contributed by atoms with van der Waals surface area (Å²) in [6, 6.07) is -0.676. The van der Waals surface area contributed by atoms with Crippen molar-refractivity contribution in [1.82, 2.24) is 20.6 Å². The fourth-order valence-electron chi connectivity index (χ4n) is 1.64. The smallest absolute Gasteiger partial charge is 0.343 e. The van der Waals surface area contributed by atoms with E-state index in [1.807, 2.05) is 5.32 Å². The largest absolute Gasteiger partial charge is 0.462 e. The number of thioether (sulfide) groups is 1. The molecular formula is C15H21N5O6S. The maximum Gasteiger partial charge on any atom is 0.343 e. The zero-order valence-electron chi connectivity index (χ0n) is 15.1. The van der Waals surface area contributed by atoms with Crippen molar-refractivity contribution in [1.29, 1.82) is 0 Å². The van der Waals surface area contributed by atoms with Gasteiger partial charge in [0.2, 0.25) is 0 Å².